The third kappa shape index (κ3) is 3.69. The van der Waals surface area contributed by atoms with E-state index < -0.39 is 0 Å². The number of carbonyl (C=O) groups is 1. The molecule has 0 aliphatic heterocycles. The highest BCUT2D eigenvalue weighted by atomic mass is 32.2. The van der Waals surface area contributed by atoms with Gasteiger partial charge in [0.15, 0.2) is 0 Å². The van der Waals surface area contributed by atoms with Crippen LogP contribution in [0.3, 0.4) is 0 Å². The Bertz CT molecular complexity index is 1100. The first-order chi connectivity index (χ1) is 13.3. The van der Waals surface area contributed by atoms with Gasteiger partial charge in [-0.1, -0.05) is 54.6 Å². The molecule has 4 nitrogen and oxygen atoms in total. The third-order valence-electron chi connectivity index (χ3n) is 4.56. The zero-order valence-corrected chi connectivity index (χ0v) is 15.9. The van der Waals surface area contributed by atoms with Crippen LogP contribution in [0.25, 0.3) is 21.8 Å². The van der Waals surface area contributed by atoms with Gasteiger partial charge in [-0.25, -0.2) is 4.98 Å². The van der Waals surface area contributed by atoms with Gasteiger partial charge in [-0.2, -0.15) is 11.8 Å². The summed E-state index contributed by atoms with van der Waals surface area (Å²) in [6, 6.07) is 22.1. The molecule has 5 heteroatoms. The number of ether oxygens (including phenoxy) is 1. The molecule has 0 saturated heterocycles. The highest BCUT2D eigenvalue weighted by Gasteiger charge is 2.14. The maximum Gasteiger partial charge on any atom is 0.326 e. The number of hydrogen-bond donors (Lipinski definition) is 0. The summed E-state index contributed by atoms with van der Waals surface area (Å²) in [4.78, 5) is 17.2. The predicted octanol–water partition coefficient (Wildman–Crippen LogP) is 4.80. The second kappa shape index (κ2) is 7.84. The highest BCUT2D eigenvalue weighted by molar-refractivity contribution is 7.97. The molecule has 4 aromatic rings. The number of para-hydroxylation sites is 2. The molecule has 1 aromatic heterocycles. The van der Waals surface area contributed by atoms with Crippen molar-refractivity contribution >= 4 is 39.5 Å². The zero-order chi connectivity index (χ0) is 18.6. The summed E-state index contributed by atoms with van der Waals surface area (Å²) in [6.45, 7) is 0.436. The van der Waals surface area contributed by atoms with Crippen LogP contribution in [0.4, 0.5) is 0 Å². The van der Waals surface area contributed by atoms with Gasteiger partial charge in [0, 0.05) is 0 Å². The van der Waals surface area contributed by atoms with Gasteiger partial charge < -0.3 is 9.30 Å². The summed E-state index contributed by atoms with van der Waals surface area (Å²) in [6.07, 6.45) is 2.03. The van der Waals surface area contributed by atoms with E-state index in [1.165, 1.54) is 0 Å². The van der Waals surface area contributed by atoms with E-state index in [0.717, 1.165) is 38.9 Å². The van der Waals surface area contributed by atoms with Crippen LogP contribution in [0.1, 0.15) is 11.4 Å². The number of imidazole rings is 1. The lowest BCUT2D eigenvalue weighted by Crippen LogP contribution is -2.15. The lowest BCUT2D eigenvalue weighted by molar-refractivity contribution is -0.145. The van der Waals surface area contributed by atoms with Gasteiger partial charge in [0.05, 0.1) is 16.8 Å². The van der Waals surface area contributed by atoms with E-state index >= 15 is 0 Å². The third-order valence-corrected chi connectivity index (χ3v) is 5.11. The molecule has 0 saturated carbocycles. The van der Waals surface area contributed by atoms with E-state index in [-0.39, 0.29) is 19.1 Å². The van der Waals surface area contributed by atoms with E-state index in [1.807, 2.05) is 59.4 Å². The molecule has 0 amide bonds. The Kier molecular flexibility index (Phi) is 5.12. The first kappa shape index (κ1) is 17.6. The summed E-state index contributed by atoms with van der Waals surface area (Å²) in [5.41, 5.74) is 2.88. The normalized spacial score (nSPS) is 11.1. The molecule has 0 bridgehead atoms. The highest BCUT2D eigenvalue weighted by Crippen LogP contribution is 2.21. The molecule has 0 atom stereocenters. The Balaban J connectivity index is 1.53. The lowest BCUT2D eigenvalue weighted by atomic mass is 10.1. The second-order valence-electron chi connectivity index (χ2n) is 6.33. The number of aromatic nitrogens is 2. The summed E-state index contributed by atoms with van der Waals surface area (Å²) in [5.74, 6) is 1.39. The van der Waals surface area contributed by atoms with Crippen molar-refractivity contribution in [2.24, 2.45) is 0 Å². The van der Waals surface area contributed by atoms with Gasteiger partial charge in [-0.05, 0) is 34.7 Å². The van der Waals surface area contributed by atoms with Crippen LogP contribution < -0.4 is 0 Å². The van der Waals surface area contributed by atoms with Crippen molar-refractivity contribution in [2.75, 3.05) is 6.26 Å². The van der Waals surface area contributed by atoms with Gasteiger partial charge in [-0.15, -0.1) is 0 Å². The maximum absolute atomic E-state index is 12.5. The number of esters is 1. The molecule has 0 aliphatic rings. The Hall–Kier alpha value is -2.79. The molecule has 4 rings (SSSR count). The van der Waals surface area contributed by atoms with Crippen molar-refractivity contribution in [3.8, 4) is 0 Å². The smallest absolute Gasteiger partial charge is 0.326 e. The minimum atomic E-state index is -0.256. The molecule has 0 unspecified atom stereocenters. The molecule has 27 heavy (non-hydrogen) atoms. The van der Waals surface area contributed by atoms with Crippen LogP contribution in [0.15, 0.2) is 66.7 Å². The fourth-order valence-corrected chi connectivity index (χ4v) is 3.77. The van der Waals surface area contributed by atoms with Crippen molar-refractivity contribution in [2.45, 2.75) is 18.9 Å². The number of carbonyl (C=O) groups excluding carboxylic acids is 1. The molecule has 1 heterocycles. The predicted molar refractivity (Wildman–Crippen MR) is 111 cm³/mol. The van der Waals surface area contributed by atoms with Gasteiger partial charge in [0.1, 0.15) is 19.0 Å². The van der Waals surface area contributed by atoms with E-state index in [9.17, 15) is 4.79 Å². The van der Waals surface area contributed by atoms with E-state index in [4.69, 9.17) is 4.74 Å². The largest absolute Gasteiger partial charge is 0.459 e. The standard InChI is InChI=1S/C22H20N2O2S/c1-27-15-21-23-19-11-4-5-12-20(19)24(21)13-22(25)26-14-17-9-6-8-16-7-2-3-10-18(16)17/h2-12H,13-15H2,1H3. The first-order valence-corrected chi connectivity index (χ1v) is 10.2. The fourth-order valence-electron chi connectivity index (χ4n) is 3.29. The number of benzene rings is 3. The minimum Gasteiger partial charge on any atom is -0.459 e. The van der Waals surface area contributed by atoms with Crippen molar-refractivity contribution in [3.63, 3.8) is 0 Å². The van der Waals surface area contributed by atoms with E-state index in [1.54, 1.807) is 11.8 Å². The van der Waals surface area contributed by atoms with Crippen LogP contribution in [-0.4, -0.2) is 21.8 Å². The molecular formula is C22H20N2O2S. The van der Waals surface area contributed by atoms with Crippen LogP contribution in [0.5, 0.6) is 0 Å². The Labute approximate surface area is 162 Å². The molecule has 0 aliphatic carbocycles. The first-order valence-electron chi connectivity index (χ1n) is 8.81. The van der Waals surface area contributed by atoms with Crippen LogP contribution in [-0.2, 0) is 28.4 Å². The van der Waals surface area contributed by atoms with E-state index in [2.05, 4.69) is 23.2 Å². The minimum absolute atomic E-state index is 0.168. The van der Waals surface area contributed by atoms with Gasteiger partial charge in [-0.3, -0.25) is 4.79 Å². The quantitative estimate of drug-likeness (QED) is 0.454. The zero-order valence-electron chi connectivity index (χ0n) is 15.1. The Morgan fingerprint density at radius 2 is 1.81 bits per heavy atom. The Morgan fingerprint density at radius 1 is 1.04 bits per heavy atom. The fraction of sp³-hybridized carbons (Fsp3) is 0.182. The van der Waals surface area contributed by atoms with Crippen molar-refractivity contribution in [3.05, 3.63) is 78.1 Å². The Morgan fingerprint density at radius 3 is 2.70 bits per heavy atom. The molecule has 0 radical (unpaired) electrons. The number of nitrogens with zero attached hydrogens (tertiary/aromatic N) is 2. The molecule has 3 aromatic carbocycles. The summed E-state index contributed by atoms with van der Waals surface area (Å²) in [5, 5.41) is 2.26. The lowest BCUT2D eigenvalue weighted by Gasteiger charge is -2.10. The topological polar surface area (TPSA) is 44.1 Å². The van der Waals surface area contributed by atoms with Gasteiger partial charge >= 0.3 is 5.97 Å². The molecule has 0 spiro atoms. The molecule has 136 valence electrons. The number of fused-ring (bicyclic) bond motifs is 2. The van der Waals surface area contributed by atoms with Crippen LogP contribution >= 0.6 is 11.8 Å². The van der Waals surface area contributed by atoms with Crippen LogP contribution in [0.2, 0.25) is 0 Å². The van der Waals surface area contributed by atoms with Gasteiger partial charge in [0.2, 0.25) is 0 Å². The van der Waals surface area contributed by atoms with Crippen LogP contribution in [0, 0.1) is 0 Å². The second-order valence-corrected chi connectivity index (χ2v) is 7.20. The number of hydrogen-bond acceptors (Lipinski definition) is 4. The SMILES string of the molecule is CSCc1nc2ccccc2n1CC(=O)OCc1cccc2ccccc12. The molecule has 0 N–H and O–H groups in total. The van der Waals surface area contributed by atoms with Crippen molar-refractivity contribution < 1.29 is 9.53 Å². The van der Waals surface area contributed by atoms with Crippen molar-refractivity contribution in [1.29, 1.82) is 0 Å². The maximum atomic E-state index is 12.5. The monoisotopic (exact) mass is 376 g/mol. The van der Waals surface area contributed by atoms with E-state index in [0.29, 0.717) is 0 Å². The van der Waals surface area contributed by atoms with Gasteiger partial charge in [0.25, 0.3) is 0 Å². The summed E-state index contributed by atoms with van der Waals surface area (Å²) < 4.78 is 7.55. The molecular weight excluding hydrogens is 356 g/mol. The average Bonchev–Trinajstić information content (AvgIpc) is 3.04. The number of thioether (sulfide) groups is 1. The average molecular weight is 376 g/mol. The molecule has 0 fully saturated rings. The van der Waals surface area contributed by atoms with Crippen molar-refractivity contribution in [1.82, 2.24) is 9.55 Å². The number of rotatable bonds is 6. The summed E-state index contributed by atoms with van der Waals surface area (Å²) >= 11 is 1.69. The summed E-state index contributed by atoms with van der Waals surface area (Å²) in [7, 11) is 0.